The van der Waals surface area contributed by atoms with Crippen molar-refractivity contribution in [2.75, 3.05) is 20.6 Å². The summed E-state index contributed by atoms with van der Waals surface area (Å²) in [6.07, 6.45) is 1.29. The molecule has 0 aromatic heterocycles. The summed E-state index contributed by atoms with van der Waals surface area (Å²) < 4.78 is 0. The lowest BCUT2D eigenvalue weighted by Gasteiger charge is -2.38. The number of halogens is 1. The Morgan fingerprint density at radius 3 is 2.16 bits per heavy atom. The second kappa shape index (κ2) is 10.9. The number of hydrogen-bond acceptors (Lipinski definition) is 3. The number of ketones is 1. The Hall–Kier alpha value is -2.46. The Kier molecular flexibility index (Phi) is 8.25. The van der Waals surface area contributed by atoms with Gasteiger partial charge < -0.3 is 0 Å². The SMILES string of the molecule is Cc1ccc(C(NCCCC(=O)[C@@H](C)N(C)C)(c2ccccc2)c2ccccc2Cl)cc1. The third-order valence-corrected chi connectivity index (χ3v) is 6.53. The van der Waals surface area contributed by atoms with Gasteiger partial charge in [0.2, 0.25) is 0 Å². The van der Waals surface area contributed by atoms with Crippen LogP contribution < -0.4 is 5.32 Å². The van der Waals surface area contributed by atoms with Gasteiger partial charge in [0.25, 0.3) is 0 Å². The number of aryl methyl sites for hydroxylation is 1. The first kappa shape index (κ1) is 24.2. The predicted molar refractivity (Wildman–Crippen MR) is 134 cm³/mol. The molecule has 2 atom stereocenters. The lowest BCUT2D eigenvalue weighted by atomic mass is 9.76. The molecule has 0 aliphatic heterocycles. The van der Waals surface area contributed by atoms with E-state index in [0.717, 1.165) is 23.1 Å². The number of likely N-dealkylation sites (N-methyl/N-ethyl adjacent to an activating group) is 1. The summed E-state index contributed by atoms with van der Waals surface area (Å²) in [4.78, 5) is 14.5. The molecule has 0 bridgehead atoms. The normalized spacial score (nSPS) is 14.2. The van der Waals surface area contributed by atoms with Crippen LogP contribution in [0.3, 0.4) is 0 Å². The van der Waals surface area contributed by atoms with Gasteiger partial charge in [-0.3, -0.25) is 15.0 Å². The van der Waals surface area contributed by atoms with Crippen LogP contribution in [0.4, 0.5) is 0 Å². The number of rotatable bonds is 10. The van der Waals surface area contributed by atoms with E-state index >= 15 is 0 Å². The Bertz CT molecular complexity index is 1020. The van der Waals surface area contributed by atoms with Crippen LogP contribution in [0.25, 0.3) is 0 Å². The number of nitrogens with one attached hydrogen (secondary N) is 1. The molecule has 3 aromatic carbocycles. The zero-order valence-corrected chi connectivity index (χ0v) is 20.2. The molecule has 3 nitrogen and oxygen atoms in total. The first-order valence-electron chi connectivity index (χ1n) is 11.2. The maximum atomic E-state index is 12.5. The fraction of sp³-hybridized carbons (Fsp3) is 0.321. The molecule has 0 spiro atoms. The molecule has 0 amide bonds. The molecule has 0 heterocycles. The summed E-state index contributed by atoms with van der Waals surface area (Å²) >= 11 is 6.78. The molecule has 32 heavy (non-hydrogen) atoms. The molecule has 0 radical (unpaired) electrons. The molecule has 0 aliphatic rings. The predicted octanol–water partition coefficient (Wildman–Crippen LogP) is 5.83. The maximum absolute atomic E-state index is 12.5. The number of carbonyl (C=O) groups is 1. The van der Waals surface area contributed by atoms with Crippen molar-refractivity contribution >= 4 is 17.4 Å². The molecule has 3 aromatic rings. The van der Waals surface area contributed by atoms with Gasteiger partial charge in [-0.2, -0.15) is 0 Å². The summed E-state index contributed by atoms with van der Waals surface area (Å²) in [6, 6.07) is 26.9. The van der Waals surface area contributed by atoms with Gasteiger partial charge in [-0.05, 0) is 63.7 Å². The second-order valence-electron chi connectivity index (χ2n) is 8.60. The summed E-state index contributed by atoms with van der Waals surface area (Å²) in [5.41, 5.74) is 3.83. The molecule has 0 saturated heterocycles. The average Bonchev–Trinajstić information content (AvgIpc) is 2.80. The van der Waals surface area contributed by atoms with Crippen molar-refractivity contribution in [3.05, 3.63) is 106 Å². The quantitative estimate of drug-likeness (QED) is 0.313. The van der Waals surface area contributed by atoms with Crippen molar-refractivity contribution in [3.8, 4) is 0 Å². The van der Waals surface area contributed by atoms with Gasteiger partial charge in [0.1, 0.15) is 5.78 Å². The highest BCUT2D eigenvalue weighted by molar-refractivity contribution is 6.31. The molecule has 0 fully saturated rings. The topological polar surface area (TPSA) is 32.3 Å². The van der Waals surface area contributed by atoms with Gasteiger partial charge >= 0.3 is 0 Å². The number of carbonyl (C=O) groups excluding carboxylic acids is 1. The highest BCUT2D eigenvalue weighted by Crippen LogP contribution is 2.40. The van der Waals surface area contributed by atoms with E-state index in [1.807, 2.05) is 50.2 Å². The van der Waals surface area contributed by atoms with Crippen molar-refractivity contribution in [2.45, 2.75) is 38.3 Å². The van der Waals surface area contributed by atoms with Crippen molar-refractivity contribution < 1.29 is 4.79 Å². The van der Waals surface area contributed by atoms with E-state index in [-0.39, 0.29) is 11.8 Å². The minimum Gasteiger partial charge on any atom is -0.300 e. The first-order valence-corrected chi connectivity index (χ1v) is 11.6. The molecule has 0 saturated carbocycles. The molecule has 4 heteroatoms. The van der Waals surface area contributed by atoms with Gasteiger partial charge in [-0.15, -0.1) is 0 Å². The number of benzene rings is 3. The van der Waals surface area contributed by atoms with E-state index in [2.05, 4.69) is 66.8 Å². The largest absolute Gasteiger partial charge is 0.300 e. The van der Waals surface area contributed by atoms with E-state index < -0.39 is 5.54 Å². The fourth-order valence-electron chi connectivity index (χ4n) is 4.07. The second-order valence-corrected chi connectivity index (χ2v) is 9.01. The van der Waals surface area contributed by atoms with Gasteiger partial charge in [-0.25, -0.2) is 0 Å². The van der Waals surface area contributed by atoms with Crippen LogP contribution >= 0.6 is 11.6 Å². The average molecular weight is 449 g/mol. The van der Waals surface area contributed by atoms with Crippen LogP contribution in [-0.2, 0) is 10.3 Å². The van der Waals surface area contributed by atoms with Gasteiger partial charge in [0.05, 0.1) is 11.6 Å². The fourth-order valence-corrected chi connectivity index (χ4v) is 4.35. The van der Waals surface area contributed by atoms with Crippen molar-refractivity contribution in [2.24, 2.45) is 0 Å². The molecule has 1 N–H and O–H groups in total. The van der Waals surface area contributed by atoms with Gasteiger partial charge in [-0.1, -0.05) is 90.0 Å². The molecule has 0 aliphatic carbocycles. The van der Waals surface area contributed by atoms with E-state index in [1.54, 1.807) is 0 Å². The maximum Gasteiger partial charge on any atom is 0.149 e. The smallest absolute Gasteiger partial charge is 0.149 e. The highest BCUT2D eigenvalue weighted by atomic mass is 35.5. The third kappa shape index (κ3) is 5.29. The zero-order chi connectivity index (χ0) is 23.1. The van der Waals surface area contributed by atoms with Crippen molar-refractivity contribution in [1.82, 2.24) is 10.2 Å². The van der Waals surface area contributed by atoms with Crippen LogP contribution in [0, 0.1) is 6.92 Å². The molecular formula is C28H33ClN2O. The number of nitrogens with zero attached hydrogens (tertiary/aromatic N) is 1. The van der Waals surface area contributed by atoms with E-state index in [4.69, 9.17) is 11.6 Å². The van der Waals surface area contributed by atoms with Crippen LogP contribution in [0.15, 0.2) is 78.9 Å². The van der Waals surface area contributed by atoms with Gasteiger partial charge in [0.15, 0.2) is 0 Å². The number of hydrogen-bond donors (Lipinski definition) is 1. The summed E-state index contributed by atoms with van der Waals surface area (Å²) in [5.74, 6) is 0.259. The standard InChI is InChI=1S/C28H33ClN2O/c1-21-16-18-24(19-17-21)28(23-11-6-5-7-12-23,25-13-8-9-14-26(25)29)30-20-10-15-27(32)22(2)31(3)4/h5-9,11-14,16-19,22,30H,10,15,20H2,1-4H3/t22-,28?/m1/s1. The first-order chi connectivity index (χ1) is 15.4. The van der Waals surface area contributed by atoms with Crippen molar-refractivity contribution in [3.63, 3.8) is 0 Å². The summed E-state index contributed by atoms with van der Waals surface area (Å²) in [5, 5.41) is 4.53. The van der Waals surface area contributed by atoms with E-state index in [1.165, 1.54) is 5.56 Å². The minimum atomic E-state index is -0.622. The van der Waals surface area contributed by atoms with Crippen LogP contribution in [-0.4, -0.2) is 37.4 Å². The summed E-state index contributed by atoms with van der Waals surface area (Å²) in [7, 11) is 3.88. The van der Waals surface area contributed by atoms with E-state index in [9.17, 15) is 4.79 Å². The highest BCUT2D eigenvalue weighted by Gasteiger charge is 2.37. The number of Topliss-reactive ketones (excluding diaryl/α,β-unsaturated/α-hetero) is 1. The molecule has 1 unspecified atom stereocenters. The Morgan fingerprint density at radius 1 is 0.938 bits per heavy atom. The molecule has 3 rings (SSSR count). The molecule has 168 valence electrons. The van der Waals surface area contributed by atoms with Crippen LogP contribution in [0.5, 0.6) is 0 Å². The summed E-state index contributed by atoms with van der Waals surface area (Å²) in [6.45, 7) is 4.73. The Balaban J connectivity index is 2.01. The molecular weight excluding hydrogens is 416 g/mol. The van der Waals surface area contributed by atoms with Crippen molar-refractivity contribution in [1.29, 1.82) is 0 Å². The Morgan fingerprint density at radius 2 is 1.53 bits per heavy atom. The monoisotopic (exact) mass is 448 g/mol. The van der Waals surface area contributed by atoms with Crippen LogP contribution in [0.1, 0.15) is 42.0 Å². The third-order valence-electron chi connectivity index (χ3n) is 6.20. The zero-order valence-electron chi connectivity index (χ0n) is 19.4. The van der Waals surface area contributed by atoms with E-state index in [0.29, 0.717) is 18.0 Å². The van der Waals surface area contributed by atoms with Gasteiger partial charge in [0, 0.05) is 11.4 Å². The Labute approximate surface area is 197 Å². The minimum absolute atomic E-state index is 0.0745. The lowest BCUT2D eigenvalue weighted by molar-refractivity contribution is -0.122. The lowest BCUT2D eigenvalue weighted by Crippen LogP contribution is -2.45. The van der Waals surface area contributed by atoms with Crippen LogP contribution in [0.2, 0.25) is 5.02 Å².